The molecule has 0 aliphatic rings. The number of carbonyl (C=O) groups is 2. The van der Waals surface area contributed by atoms with E-state index in [2.05, 4.69) is 37.7 Å². The van der Waals surface area contributed by atoms with Crippen molar-refractivity contribution in [3.05, 3.63) is 35.4 Å². The Labute approximate surface area is 171 Å². The first-order valence-electron chi connectivity index (χ1n) is 10.4. The largest absolute Gasteiger partial charge is 0.338 e. The minimum atomic E-state index is 0.0166. The molecule has 1 aromatic carbocycles. The lowest BCUT2D eigenvalue weighted by Gasteiger charge is -2.25. The highest BCUT2D eigenvalue weighted by Gasteiger charge is 2.17. The van der Waals surface area contributed by atoms with Crippen LogP contribution >= 0.6 is 0 Å². The molecule has 1 rings (SSSR count). The van der Waals surface area contributed by atoms with E-state index in [-0.39, 0.29) is 11.8 Å². The van der Waals surface area contributed by atoms with Gasteiger partial charge in [0.2, 0.25) is 0 Å². The predicted molar refractivity (Wildman–Crippen MR) is 116 cm³/mol. The van der Waals surface area contributed by atoms with Gasteiger partial charge in [0, 0.05) is 50.4 Å². The normalized spacial score (nSPS) is 11.1. The van der Waals surface area contributed by atoms with E-state index in [1.807, 2.05) is 23.6 Å². The number of nitrogens with zero attached hydrogens (tertiary/aromatic N) is 4. The van der Waals surface area contributed by atoms with Gasteiger partial charge in [-0.05, 0) is 65.3 Å². The van der Waals surface area contributed by atoms with Crippen LogP contribution in [-0.4, -0.2) is 97.9 Å². The Bertz CT molecular complexity index is 550. The van der Waals surface area contributed by atoms with Crippen LogP contribution in [0.25, 0.3) is 0 Å². The van der Waals surface area contributed by atoms with Crippen molar-refractivity contribution >= 4 is 11.8 Å². The Morgan fingerprint density at radius 1 is 0.607 bits per heavy atom. The molecule has 0 fully saturated rings. The molecule has 2 amide bonds. The number of benzene rings is 1. The molecule has 0 aliphatic carbocycles. The molecule has 0 N–H and O–H groups in total. The molecule has 0 atom stereocenters. The summed E-state index contributed by atoms with van der Waals surface area (Å²) >= 11 is 0. The number of carbonyl (C=O) groups excluding carboxylic acids is 2. The maximum absolute atomic E-state index is 12.8. The van der Waals surface area contributed by atoms with Crippen LogP contribution in [-0.2, 0) is 0 Å². The van der Waals surface area contributed by atoms with E-state index >= 15 is 0 Å². The molecule has 0 radical (unpaired) electrons. The van der Waals surface area contributed by atoms with Gasteiger partial charge in [-0.25, -0.2) is 0 Å². The van der Waals surface area contributed by atoms with Gasteiger partial charge in [-0.1, -0.05) is 13.8 Å². The van der Waals surface area contributed by atoms with Crippen LogP contribution in [0.15, 0.2) is 24.3 Å². The second-order valence-corrected chi connectivity index (χ2v) is 7.14. The molecule has 158 valence electrons. The van der Waals surface area contributed by atoms with Gasteiger partial charge in [0.1, 0.15) is 0 Å². The van der Waals surface area contributed by atoms with Crippen molar-refractivity contribution in [2.24, 2.45) is 0 Å². The summed E-state index contributed by atoms with van der Waals surface area (Å²) in [7, 11) is 4.10. The third kappa shape index (κ3) is 7.24. The average molecular weight is 391 g/mol. The van der Waals surface area contributed by atoms with Crippen LogP contribution in [0.4, 0.5) is 0 Å². The fourth-order valence-corrected chi connectivity index (χ4v) is 2.83. The summed E-state index contributed by atoms with van der Waals surface area (Å²) < 4.78 is 0. The lowest BCUT2D eigenvalue weighted by Crippen LogP contribution is -2.38. The molecule has 0 aliphatic heterocycles. The third-order valence-electron chi connectivity index (χ3n) is 5.30. The Hall–Kier alpha value is -1.92. The van der Waals surface area contributed by atoms with Gasteiger partial charge < -0.3 is 19.6 Å². The third-order valence-corrected chi connectivity index (χ3v) is 5.30. The molecule has 6 heteroatoms. The molecule has 0 unspecified atom stereocenters. The highest BCUT2D eigenvalue weighted by atomic mass is 16.2. The predicted octanol–water partition coefficient (Wildman–Crippen LogP) is 2.51. The second kappa shape index (κ2) is 12.5. The van der Waals surface area contributed by atoms with E-state index in [1.54, 1.807) is 24.3 Å². The van der Waals surface area contributed by atoms with E-state index in [1.165, 1.54) is 0 Å². The zero-order valence-electron chi connectivity index (χ0n) is 18.6. The second-order valence-electron chi connectivity index (χ2n) is 7.14. The number of rotatable bonds is 12. The molecular formula is C22H38N4O2. The summed E-state index contributed by atoms with van der Waals surface area (Å²) in [5.41, 5.74) is 1.26. The van der Waals surface area contributed by atoms with Gasteiger partial charge in [-0.15, -0.1) is 0 Å². The van der Waals surface area contributed by atoms with Gasteiger partial charge in [-0.3, -0.25) is 9.59 Å². The number of likely N-dealkylation sites (N-methyl/N-ethyl adjacent to an activating group) is 4. The zero-order valence-corrected chi connectivity index (χ0v) is 18.6. The van der Waals surface area contributed by atoms with E-state index in [0.717, 1.165) is 26.2 Å². The summed E-state index contributed by atoms with van der Waals surface area (Å²) in [4.78, 5) is 33.6. The minimum Gasteiger partial charge on any atom is -0.338 e. The van der Waals surface area contributed by atoms with Crippen LogP contribution in [0.5, 0.6) is 0 Å². The molecule has 28 heavy (non-hydrogen) atoms. The van der Waals surface area contributed by atoms with Crippen molar-refractivity contribution < 1.29 is 9.59 Å². The van der Waals surface area contributed by atoms with Gasteiger partial charge in [0.25, 0.3) is 11.8 Å². The molecule has 0 spiro atoms. The summed E-state index contributed by atoms with van der Waals surface area (Å²) in [5, 5.41) is 0. The van der Waals surface area contributed by atoms with Gasteiger partial charge >= 0.3 is 0 Å². The van der Waals surface area contributed by atoms with E-state index in [9.17, 15) is 9.59 Å². The highest BCUT2D eigenvalue weighted by Crippen LogP contribution is 2.11. The SMILES string of the molecule is CCN(C)CCN(CC)C(=O)c1ccc(C(=O)N(CC)CCN(C)CC)cc1. The molecule has 0 bridgehead atoms. The van der Waals surface area contributed by atoms with Crippen molar-refractivity contribution in [3.63, 3.8) is 0 Å². The van der Waals surface area contributed by atoms with Crippen LogP contribution in [0.2, 0.25) is 0 Å². The van der Waals surface area contributed by atoms with Crippen molar-refractivity contribution in [2.75, 3.05) is 66.5 Å². The summed E-state index contributed by atoms with van der Waals surface area (Å²) in [6.45, 7) is 14.6. The molecule has 0 heterocycles. The number of hydrogen-bond acceptors (Lipinski definition) is 4. The van der Waals surface area contributed by atoms with E-state index < -0.39 is 0 Å². The quantitative estimate of drug-likeness (QED) is 0.550. The fourth-order valence-electron chi connectivity index (χ4n) is 2.83. The molecule has 0 aromatic heterocycles. The monoisotopic (exact) mass is 390 g/mol. The molecule has 0 saturated carbocycles. The van der Waals surface area contributed by atoms with Gasteiger partial charge in [0.15, 0.2) is 0 Å². The Kier molecular flexibility index (Phi) is 10.8. The van der Waals surface area contributed by atoms with Crippen molar-refractivity contribution in [1.82, 2.24) is 19.6 Å². The Balaban J connectivity index is 2.77. The summed E-state index contributed by atoms with van der Waals surface area (Å²) in [5.74, 6) is 0.0332. The maximum atomic E-state index is 12.8. The first-order valence-corrected chi connectivity index (χ1v) is 10.4. The highest BCUT2D eigenvalue weighted by molar-refractivity contribution is 5.97. The molecule has 1 aromatic rings. The van der Waals surface area contributed by atoms with Crippen LogP contribution in [0.1, 0.15) is 48.4 Å². The lowest BCUT2D eigenvalue weighted by molar-refractivity contribution is 0.0739. The van der Waals surface area contributed by atoms with E-state index in [4.69, 9.17) is 0 Å². The van der Waals surface area contributed by atoms with Crippen LogP contribution in [0, 0.1) is 0 Å². The maximum Gasteiger partial charge on any atom is 0.253 e. The first kappa shape index (κ1) is 24.1. The fraction of sp³-hybridized carbons (Fsp3) is 0.636. The number of hydrogen-bond donors (Lipinski definition) is 0. The van der Waals surface area contributed by atoms with Crippen molar-refractivity contribution in [1.29, 1.82) is 0 Å². The number of amides is 2. The summed E-state index contributed by atoms with van der Waals surface area (Å²) in [6.07, 6.45) is 0. The minimum absolute atomic E-state index is 0.0166. The summed E-state index contributed by atoms with van der Waals surface area (Å²) in [6, 6.07) is 7.09. The van der Waals surface area contributed by atoms with Gasteiger partial charge in [0.05, 0.1) is 0 Å². The smallest absolute Gasteiger partial charge is 0.253 e. The van der Waals surface area contributed by atoms with Crippen LogP contribution in [0.3, 0.4) is 0 Å². The molecular weight excluding hydrogens is 352 g/mol. The van der Waals surface area contributed by atoms with Crippen LogP contribution < -0.4 is 0 Å². The standard InChI is InChI=1S/C22H38N4O2/c1-7-23(5)15-17-25(9-3)21(27)19-11-13-20(14-12-19)22(28)26(10-4)18-16-24(6)8-2/h11-14H,7-10,15-18H2,1-6H3. The van der Waals surface area contributed by atoms with Crippen molar-refractivity contribution in [2.45, 2.75) is 27.7 Å². The lowest BCUT2D eigenvalue weighted by atomic mass is 10.1. The average Bonchev–Trinajstić information content (AvgIpc) is 2.73. The van der Waals surface area contributed by atoms with E-state index in [0.29, 0.717) is 37.3 Å². The zero-order chi connectivity index (χ0) is 21.1. The topological polar surface area (TPSA) is 47.1 Å². The Morgan fingerprint density at radius 3 is 1.18 bits per heavy atom. The first-order chi connectivity index (χ1) is 13.4. The molecule has 0 saturated heterocycles. The van der Waals surface area contributed by atoms with Gasteiger partial charge in [-0.2, -0.15) is 0 Å². The van der Waals surface area contributed by atoms with Crippen molar-refractivity contribution in [3.8, 4) is 0 Å². The Morgan fingerprint density at radius 2 is 0.929 bits per heavy atom. The molecule has 6 nitrogen and oxygen atoms in total.